The number of aromatic hydroxyl groups is 2. The number of nitrogens with one attached hydrogen (secondary N) is 7. The predicted octanol–water partition coefficient (Wildman–Crippen LogP) is -3.19. The van der Waals surface area contributed by atoms with E-state index in [1.165, 1.54) is 62.4 Å². The molecule has 384 valence electrons. The second kappa shape index (κ2) is 27.8. The van der Waals surface area contributed by atoms with E-state index in [9.17, 15) is 88.5 Å². The van der Waals surface area contributed by atoms with Gasteiger partial charge in [-0.05, 0) is 53.6 Å². The summed E-state index contributed by atoms with van der Waals surface area (Å²) in [6.07, 6.45) is -4.14. The molecule has 16 N–H and O–H groups in total. The van der Waals surface area contributed by atoms with Crippen molar-refractivity contribution in [2.24, 2.45) is 17.6 Å². The summed E-state index contributed by atoms with van der Waals surface area (Å²) in [6.45, 7) is 5.30. The van der Waals surface area contributed by atoms with Gasteiger partial charge in [-0.3, -0.25) is 47.9 Å². The van der Waals surface area contributed by atoms with Gasteiger partial charge in [0.05, 0.1) is 25.9 Å². The first kappa shape index (κ1) is 58.3. The van der Waals surface area contributed by atoms with Crippen molar-refractivity contribution in [3.63, 3.8) is 0 Å². The highest BCUT2D eigenvalue weighted by atomic mass is 16.4. The number of aliphatic hydroxyl groups excluding tert-OH is 1. The maximum absolute atomic E-state index is 14.0. The molecule has 2 aromatic rings. The Bertz CT molecular complexity index is 2200. The van der Waals surface area contributed by atoms with Gasteiger partial charge in [-0.25, -0.2) is 4.79 Å². The van der Waals surface area contributed by atoms with E-state index in [0.29, 0.717) is 11.1 Å². The molecule has 26 heteroatoms. The second-order valence-corrected chi connectivity index (χ2v) is 16.9. The molecule has 0 saturated carbocycles. The number of rotatable bonds is 29. The van der Waals surface area contributed by atoms with Crippen LogP contribution in [0.25, 0.3) is 0 Å². The van der Waals surface area contributed by atoms with Crippen molar-refractivity contribution in [3.05, 3.63) is 59.7 Å². The van der Waals surface area contributed by atoms with E-state index in [0.717, 1.165) is 0 Å². The highest BCUT2D eigenvalue weighted by molar-refractivity contribution is 5.99. The first-order chi connectivity index (χ1) is 32.7. The Morgan fingerprint density at radius 3 is 1.10 bits per heavy atom. The summed E-state index contributed by atoms with van der Waals surface area (Å²) in [6, 6.07) is -3.24. The van der Waals surface area contributed by atoms with Crippen molar-refractivity contribution < 1.29 is 88.5 Å². The topological polar surface area (TPSA) is 440 Å². The van der Waals surface area contributed by atoms with Crippen LogP contribution in [0.4, 0.5) is 0 Å². The Labute approximate surface area is 400 Å². The lowest BCUT2D eigenvalue weighted by Crippen LogP contribution is -2.61. The molecular formula is C44H60N8O18. The number of nitrogens with two attached hydrogens (primary N) is 1. The molecule has 0 heterocycles. The van der Waals surface area contributed by atoms with Gasteiger partial charge in [0.25, 0.3) is 0 Å². The Hall–Kier alpha value is -7.87. The highest BCUT2D eigenvalue weighted by Gasteiger charge is 2.37. The lowest BCUT2D eigenvalue weighted by molar-refractivity contribution is -0.144. The summed E-state index contributed by atoms with van der Waals surface area (Å²) >= 11 is 0. The molecule has 0 aliphatic heterocycles. The number of aliphatic hydroxyl groups is 1. The zero-order valence-electron chi connectivity index (χ0n) is 38.5. The van der Waals surface area contributed by atoms with E-state index in [1.54, 1.807) is 13.8 Å². The molecule has 0 aromatic heterocycles. The predicted molar refractivity (Wildman–Crippen MR) is 241 cm³/mol. The summed E-state index contributed by atoms with van der Waals surface area (Å²) in [5.74, 6) is -16.2. The number of carbonyl (C=O) groups excluding carboxylic acids is 7. The van der Waals surface area contributed by atoms with E-state index >= 15 is 0 Å². The number of phenolic OH excluding ortho intramolecular Hbond substituents is 2. The smallest absolute Gasteiger partial charge is 0.326 e. The second-order valence-electron chi connectivity index (χ2n) is 16.9. The summed E-state index contributed by atoms with van der Waals surface area (Å²) in [7, 11) is 0. The van der Waals surface area contributed by atoms with Crippen molar-refractivity contribution in [3.8, 4) is 11.5 Å². The summed E-state index contributed by atoms with van der Waals surface area (Å²) in [5.41, 5.74) is 6.34. The number of benzene rings is 2. The van der Waals surface area contributed by atoms with Gasteiger partial charge in [-0.15, -0.1) is 0 Å². The molecule has 0 saturated heterocycles. The minimum atomic E-state index is -2.10. The van der Waals surface area contributed by atoms with Gasteiger partial charge in [0.1, 0.15) is 59.8 Å². The molecular weight excluding hydrogens is 929 g/mol. The normalized spacial score (nSPS) is 14.5. The van der Waals surface area contributed by atoms with Gasteiger partial charge >= 0.3 is 23.9 Å². The van der Waals surface area contributed by atoms with Gasteiger partial charge in [0.2, 0.25) is 41.4 Å². The van der Waals surface area contributed by atoms with Crippen LogP contribution < -0.4 is 43.0 Å². The third-order valence-corrected chi connectivity index (χ3v) is 10.2. The molecule has 0 aliphatic carbocycles. The maximum atomic E-state index is 14.0. The molecule has 26 nitrogen and oxygen atoms in total. The van der Waals surface area contributed by atoms with Crippen molar-refractivity contribution in [2.75, 3.05) is 6.61 Å². The maximum Gasteiger partial charge on any atom is 0.326 e. The number of aliphatic carboxylic acids is 4. The van der Waals surface area contributed by atoms with Crippen LogP contribution in [-0.2, 0) is 65.6 Å². The monoisotopic (exact) mass is 988 g/mol. The van der Waals surface area contributed by atoms with E-state index in [4.69, 9.17) is 5.73 Å². The van der Waals surface area contributed by atoms with Crippen LogP contribution >= 0.6 is 0 Å². The van der Waals surface area contributed by atoms with Gasteiger partial charge in [0, 0.05) is 12.8 Å². The van der Waals surface area contributed by atoms with Gasteiger partial charge < -0.3 is 78.7 Å². The summed E-state index contributed by atoms with van der Waals surface area (Å²) in [5, 5.41) is 83.0. The lowest BCUT2D eigenvalue weighted by atomic mass is 10.0. The van der Waals surface area contributed by atoms with Crippen LogP contribution in [-0.4, -0.2) is 156 Å². The molecule has 0 fully saturated rings. The number of hydrogen-bond donors (Lipinski definition) is 15. The largest absolute Gasteiger partial charge is 0.508 e. The molecule has 70 heavy (non-hydrogen) atoms. The SMILES string of the molecule is CC(C)C[C@H](NC(=O)[C@H](CC(=O)O)NC(=O)[C@@H](NC(=O)[C@H](CC(=O)O)NC(=O)[C@H](CC(=O)O)NC(=O)[C@H](Cc1ccc(O)cc1)NC(=O)[C@H](Cc1ccc(O)cc1)NC(=O)[C@@H](N)CO)C(C)C)C(=O)O. The Balaban J connectivity index is 2.46. The van der Waals surface area contributed by atoms with E-state index in [2.05, 4.69) is 31.9 Å². The van der Waals surface area contributed by atoms with Crippen LogP contribution in [0.3, 0.4) is 0 Å². The fraction of sp³-hybridized carbons (Fsp3) is 0.477. The van der Waals surface area contributed by atoms with Crippen molar-refractivity contribution in [1.82, 2.24) is 37.2 Å². The molecule has 0 radical (unpaired) electrons. The third-order valence-electron chi connectivity index (χ3n) is 10.2. The number of carboxylic acids is 4. The zero-order valence-corrected chi connectivity index (χ0v) is 38.5. The Morgan fingerprint density at radius 2 is 0.771 bits per heavy atom. The third kappa shape index (κ3) is 20.2. The van der Waals surface area contributed by atoms with Crippen molar-refractivity contribution in [2.45, 2.75) is 115 Å². The summed E-state index contributed by atoms with van der Waals surface area (Å²) < 4.78 is 0. The zero-order chi connectivity index (χ0) is 53.0. The van der Waals surface area contributed by atoms with Crippen molar-refractivity contribution in [1.29, 1.82) is 0 Å². The fourth-order valence-electron chi connectivity index (χ4n) is 6.50. The molecule has 2 aromatic carbocycles. The van der Waals surface area contributed by atoms with E-state index in [1.807, 2.05) is 5.32 Å². The molecule has 2 rings (SSSR count). The molecule has 8 atom stereocenters. The number of carbonyl (C=O) groups is 11. The van der Waals surface area contributed by atoms with Gasteiger partial charge in [0.15, 0.2) is 0 Å². The van der Waals surface area contributed by atoms with Crippen molar-refractivity contribution >= 4 is 65.2 Å². The molecule has 0 unspecified atom stereocenters. The first-order valence-electron chi connectivity index (χ1n) is 21.6. The van der Waals surface area contributed by atoms with Gasteiger partial charge in [-0.2, -0.15) is 0 Å². The first-order valence-corrected chi connectivity index (χ1v) is 21.6. The average Bonchev–Trinajstić information content (AvgIpc) is 3.26. The number of phenols is 2. The highest BCUT2D eigenvalue weighted by Crippen LogP contribution is 2.15. The molecule has 0 bridgehead atoms. The van der Waals surface area contributed by atoms with Crippen LogP contribution in [0.2, 0.25) is 0 Å². The van der Waals surface area contributed by atoms with Crippen LogP contribution in [0.1, 0.15) is 64.5 Å². The van der Waals surface area contributed by atoms with Crippen LogP contribution in [0.15, 0.2) is 48.5 Å². The number of carboxylic acid groups (broad SMARTS) is 4. The van der Waals surface area contributed by atoms with E-state index < -0.39 is 152 Å². The van der Waals surface area contributed by atoms with Gasteiger partial charge in [-0.1, -0.05) is 52.0 Å². The molecule has 0 aliphatic rings. The van der Waals surface area contributed by atoms with E-state index in [-0.39, 0.29) is 30.3 Å². The minimum Gasteiger partial charge on any atom is -0.508 e. The quantitative estimate of drug-likeness (QED) is 0.0382. The Morgan fingerprint density at radius 1 is 0.457 bits per heavy atom. The summed E-state index contributed by atoms with van der Waals surface area (Å²) in [4.78, 5) is 142. The Kier molecular flexibility index (Phi) is 23.2. The van der Waals surface area contributed by atoms with Crippen LogP contribution in [0, 0.1) is 11.8 Å². The number of amides is 7. The number of hydrogen-bond acceptors (Lipinski definition) is 15. The van der Waals surface area contributed by atoms with Crippen LogP contribution in [0.5, 0.6) is 11.5 Å². The minimum absolute atomic E-state index is 0.0584. The average molecular weight is 989 g/mol. The fourth-order valence-corrected chi connectivity index (χ4v) is 6.50. The molecule has 0 spiro atoms. The lowest BCUT2D eigenvalue weighted by Gasteiger charge is -2.28. The molecule has 7 amide bonds. The standard InChI is InChI=1S/C44H60N8O18/c1-20(2)13-32(44(69)70)51-41(66)30(17-34(58)59)50-43(68)36(21(3)4)52-42(67)31(18-35(60)61)49-40(65)29(16-33(56)57)48-39(64)28(15-23-7-11-25(55)12-8-23)47-38(63)27(46-37(62)26(45)19-53)14-22-5-9-24(54)10-6-22/h5-12,20-21,26-32,36,53-55H,13-19,45H2,1-4H3,(H,46,62)(H,47,63)(H,48,64)(H,49,65)(H,50,68)(H,51,66)(H,52,67)(H,56,57)(H,58,59)(H,60,61)(H,69,70)/t26-,27-,28-,29-,30-,31-,32-,36-/m0/s1.